The molecule has 0 radical (unpaired) electrons. The van der Waals surface area contributed by atoms with Gasteiger partial charge in [0.25, 0.3) is 0 Å². The van der Waals surface area contributed by atoms with E-state index >= 15 is 0 Å². The van der Waals surface area contributed by atoms with Gasteiger partial charge in [0.05, 0.1) is 18.3 Å². The minimum Gasteiger partial charge on any atom is -0.481 e. The SMILES string of the molecule is COc1ncc(B2OC(C)(C)C(C)(C)O2)cc1CC(C)C. The second-order valence-corrected chi connectivity index (χ2v) is 7.12. The maximum Gasteiger partial charge on any atom is 0.496 e. The normalized spacial score (nSPS) is 20.1. The zero-order valence-corrected chi connectivity index (χ0v) is 14.2. The Labute approximate surface area is 128 Å². The average molecular weight is 291 g/mol. The minimum absolute atomic E-state index is 0.337. The van der Waals surface area contributed by atoms with Crippen LogP contribution in [0.2, 0.25) is 0 Å². The third-order valence-electron chi connectivity index (χ3n) is 4.29. The number of hydrogen-bond donors (Lipinski definition) is 0. The topological polar surface area (TPSA) is 40.6 Å². The van der Waals surface area contributed by atoms with E-state index in [-0.39, 0.29) is 18.3 Å². The molecule has 1 aliphatic heterocycles. The molecule has 1 fully saturated rings. The minimum atomic E-state index is -0.376. The highest BCUT2D eigenvalue weighted by molar-refractivity contribution is 6.62. The molecule has 0 aromatic carbocycles. The molecule has 1 saturated heterocycles. The smallest absolute Gasteiger partial charge is 0.481 e. The molecule has 0 spiro atoms. The predicted molar refractivity (Wildman–Crippen MR) is 85.0 cm³/mol. The van der Waals surface area contributed by atoms with Gasteiger partial charge in [0, 0.05) is 17.2 Å². The first kappa shape index (κ1) is 16.3. The van der Waals surface area contributed by atoms with E-state index in [0.717, 1.165) is 17.4 Å². The van der Waals surface area contributed by atoms with Crippen LogP contribution in [0.25, 0.3) is 0 Å². The van der Waals surface area contributed by atoms with Gasteiger partial charge in [-0.2, -0.15) is 0 Å². The lowest BCUT2D eigenvalue weighted by Gasteiger charge is -2.32. The van der Waals surface area contributed by atoms with E-state index in [1.165, 1.54) is 0 Å². The molecule has 4 nitrogen and oxygen atoms in total. The molecule has 5 heteroatoms. The van der Waals surface area contributed by atoms with Crippen molar-refractivity contribution in [3.63, 3.8) is 0 Å². The fourth-order valence-electron chi connectivity index (χ4n) is 2.39. The summed E-state index contributed by atoms with van der Waals surface area (Å²) in [4.78, 5) is 4.41. The molecule has 116 valence electrons. The Bertz CT molecular complexity index is 498. The van der Waals surface area contributed by atoms with Crippen molar-refractivity contribution in [3.05, 3.63) is 17.8 Å². The maximum absolute atomic E-state index is 6.08. The van der Waals surface area contributed by atoms with Gasteiger partial charge in [0.15, 0.2) is 0 Å². The van der Waals surface area contributed by atoms with Gasteiger partial charge in [0.2, 0.25) is 5.88 Å². The lowest BCUT2D eigenvalue weighted by Crippen LogP contribution is -2.41. The van der Waals surface area contributed by atoms with E-state index in [1.54, 1.807) is 13.3 Å². The van der Waals surface area contributed by atoms with Gasteiger partial charge in [-0.1, -0.05) is 19.9 Å². The number of rotatable bonds is 4. The van der Waals surface area contributed by atoms with Crippen LogP contribution in [0, 0.1) is 5.92 Å². The van der Waals surface area contributed by atoms with Crippen LogP contribution in [-0.2, 0) is 15.7 Å². The summed E-state index contributed by atoms with van der Waals surface area (Å²) in [5, 5.41) is 0. The van der Waals surface area contributed by atoms with E-state index < -0.39 is 0 Å². The standard InChI is InChI=1S/C16H26BNO3/c1-11(2)8-12-9-13(10-18-14(12)19-7)17-20-15(3,4)16(5,6)21-17/h9-11H,8H2,1-7H3. The van der Waals surface area contributed by atoms with Crippen LogP contribution >= 0.6 is 0 Å². The zero-order chi connectivity index (χ0) is 15.8. The summed E-state index contributed by atoms with van der Waals surface area (Å²) >= 11 is 0. The zero-order valence-electron chi connectivity index (χ0n) is 14.2. The molecule has 1 aliphatic rings. The summed E-state index contributed by atoms with van der Waals surface area (Å²) in [6, 6.07) is 2.09. The van der Waals surface area contributed by atoms with Crippen molar-refractivity contribution < 1.29 is 14.0 Å². The van der Waals surface area contributed by atoms with E-state index in [1.807, 2.05) is 0 Å². The van der Waals surface area contributed by atoms with Crippen molar-refractivity contribution in [1.82, 2.24) is 4.98 Å². The van der Waals surface area contributed by atoms with E-state index in [9.17, 15) is 0 Å². The molecule has 21 heavy (non-hydrogen) atoms. The van der Waals surface area contributed by atoms with Crippen molar-refractivity contribution in [2.75, 3.05) is 7.11 Å². The second kappa shape index (κ2) is 5.62. The molecule has 1 aromatic heterocycles. The van der Waals surface area contributed by atoms with Crippen LogP contribution in [0.3, 0.4) is 0 Å². The monoisotopic (exact) mass is 291 g/mol. The van der Waals surface area contributed by atoms with Crippen LogP contribution < -0.4 is 10.2 Å². The van der Waals surface area contributed by atoms with Crippen molar-refractivity contribution in [3.8, 4) is 5.88 Å². The van der Waals surface area contributed by atoms with Crippen LogP contribution in [0.15, 0.2) is 12.3 Å². The van der Waals surface area contributed by atoms with Crippen LogP contribution in [0.1, 0.15) is 47.1 Å². The Morgan fingerprint density at radius 1 is 1.19 bits per heavy atom. The van der Waals surface area contributed by atoms with Gasteiger partial charge >= 0.3 is 7.12 Å². The number of nitrogens with zero attached hydrogens (tertiary/aromatic N) is 1. The first-order valence-electron chi connectivity index (χ1n) is 7.55. The first-order chi connectivity index (χ1) is 9.66. The van der Waals surface area contributed by atoms with Gasteiger partial charge in [-0.15, -0.1) is 0 Å². The Kier molecular flexibility index (Phi) is 4.36. The second-order valence-electron chi connectivity index (χ2n) is 7.12. The number of ether oxygens (including phenoxy) is 1. The average Bonchev–Trinajstić information content (AvgIpc) is 2.57. The Morgan fingerprint density at radius 3 is 2.24 bits per heavy atom. The lowest BCUT2D eigenvalue weighted by atomic mass is 9.79. The van der Waals surface area contributed by atoms with Crippen LogP contribution in [-0.4, -0.2) is 30.4 Å². The Hall–Kier alpha value is -1.07. The predicted octanol–water partition coefficient (Wildman–Crippen LogP) is 2.59. The van der Waals surface area contributed by atoms with Crippen LogP contribution in [0.4, 0.5) is 0 Å². The highest BCUT2D eigenvalue weighted by Crippen LogP contribution is 2.36. The Morgan fingerprint density at radius 2 is 1.76 bits per heavy atom. The summed E-state index contributed by atoms with van der Waals surface area (Å²) in [6.07, 6.45) is 2.70. The van der Waals surface area contributed by atoms with E-state index in [2.05, 4.69) is 52.6 Å². The molecule has 1 aromatic rings. The molecule has 0 saturated carbocycles. The number of aromatic nitrogens is 1. The van der Waals surface area contributed by atoms with Crippen molar-refractivity contribution in [2.45, 2.75) is 59.2 Å². The lowest BCUT2D eigenvalue weighted by molar-refractivity contribution is 0.00578. The first-order valence-corrected chi connectivity index (χ1v) is 7.55. The third-order valence-corrected chi connectivity index (χ3v) is 4.29. The van der Waals surface area contributed by atoms with Crippen molar-refractivity contribution in [1.29, 1.82) is 0 Å². The molecule has 2 heterocycles. The quantitative estimate of drug-likeness (QED) is 0.799. The molecule has 2 rings (SSSR count). The van der Waals surface area contributed by atoms with E-state index in [4.69, 9.17) is 14.0 Å². The van der Waals surface area contributed by atoms with Crippen molar-refractivity contribution >= 4 is 12.6 Å². The molecule has 0 atom stereocenters. The number of methoxy groups -OCH3 is 1. The van der Waals surface area contributed by atoms with Gasteiger partial charge in [-0.05, 0) is 40.0 Å². The molecule has 0 N–H and O–H groups in total. The summed E-state index contributed by atoms with van der Waals surface area (Å²) in [5.41, 5.74) is 1.37. The number of pyridine rings is 1. The summed E-state index contributed by atoms with van der Waals surface area (Å²) in [6.45, 7) is 12.6. The van der Waals surface area contributed by atoms with Gasteiger partial charge in [0.1, 0.15) is 0 Å². The molecule has 0 bridgehead atoms. The fraction of sp³-hybridized carbons (Fsp3) is 0.688. The molecule has 0 amide bonds. The van der Waals surface area contributed by atoms with Crippen LogP contribution in [0.5, 0.6) is 5.88 Å². The maximum atomic E-state index is 6.08. The summed E-state index contributed by atoms with van der Waals surface area (Å²) < 4.78 is 17.5. The highest BCUT2D eigenvalue weighted by atomic mass is 16.7. The highest BCUT2D eigenvalue weighted by Gasteiger charge is 2.51. The van der Waals surface area contributed by atoms with Gasteiger partial charge in [-0.25, -0.2) is 4.98 Å². The third kappa shape index (κ3) is 3.24. The van der Waals surface area contributed by atoms with Gasteiger partial charge in [-0.3, -0.25) is 0 Å². The molecular formula is C16H26BNO3. The van der Waals surface area contributed by atoms with Crippen molar-refractivity contribution in [2.24, 2.45) is 5.92 Å². The molecule has 0 aliphatic carbocycles. The van der Waals surface area contributed by atoms with Gasteiger partial charge < -0.3 is 14.0 Å². The van der Waals surface area contributed by atoms with E-state index in [0.29, 0.717) is 11.8 Å². The number of hydrogen-bond acceptors (Lipinski definition) is 4. The summed E-state index contributed by atoms with van der Waals surface area (Å²) in [5.74, 6) is 1.22. The molecular weight excluding hydrogens is 265 g/mol. The fourth-order valence-corrected chi connectivity index (χ4v) is 2.39. The largest absolute Gasteiger partial charge is 0.496 e. The Balaban J connectivity index is 2.30. The molecule has 0 unspecified atom stereocenters. The summed E-state index contributed by atoms with van der Waals surface area (Å²) in [7, 11) is 1.28.